The quantitative estimate of drug-likeness (QED) is 0.455. The van der Waals surface area contributed by atoms with Gasteiger partial charge in [0.05, 0.1) is 6.54 Å². The smallest absolute Gasteiger partial charge is 0.186 e. The van der Waals surface area contributed by atoms with Crippen LogP contribution in [0.5, 0.6) is 5.75 Å². The molecule has 5 heteroatoms. The zero-order valence-electron chi connectivity index (χ0n) is 6.87. The number of benzene rings is 1. The Bertz CT molecular complexity index is 334. The Hall–Kier alpha value is -1.78. The Morgan fingerprint density at radius 2 is 2.15 bits per heavy atom. The third-order valence-corrected chi connectivity index (χ3v) is 1.47. The van der Waals surface area contributed by atoms with Gasteiger partial charge in [0.15, 0.2) is 5.96 Å². The van der Waals surface area contributed by atoms with E-state index in [2.05, 4.69) is 4.99 Å². The normalized spacial score (nSPS) is 9.62. The van der Waals surface area contributed by atoms with Crippen LogP contribution < -0.4 is 11.5 Å². The van der Waals surface area contributed by atoms with Crippen LogP contribution >= 0.6 is 0 Å². The van der Waals surface area contributed by atoms with Gasteiger partial charge in [0, 0.05) is 11.6 Å². The topological polar surface area (TPSA) is 84.6 Å². The molecule has 5 N–H and O–H groups in total. The van der Waals surface area contributed by atoms with Gasteiger partial charge in [-0.05, 0) is 6.07 Å². The van der Waals surface area contributed by atoms with Crippen molar-refractivity contribution >= 4 is 5.96 Å². The number of nitrogens with zero attached hydrogens (tertiary/aromatic N) is 1. The molecule has 0 bridgehead atoms. The average molecular weight is 183 g/mol. The van der Waals surface area contributed by atoms with Crippen LogP contribution in [0.3, 0.4) is 0 Å². The lowest BCUT2D eigenvalue weighted by atomic mass is 10.2. The Morgan fingerprint density at radius 3 is 2.69 bits per heavy atom. The lowest BCUT2D eigenvalue weighted by Gasteiger charge is -1.99. The Morgan fingerprint density at radius 1 is 1.46 bits per heavy atom. The van der Waals surface area contributed by atoms with Crippen molar-refractivity contribution in [2.75, 3.05) is 0 Å². The van der Waals surface area contributed by atoms with E-state index in [1.54, 1.807) is 0 Å². The van der Waals surface area contributed by atoms with Gasteiger partial charge in [-0.3, -0.25) is 0 Å². The molecular formula is C8H10FN3O. The molecule has 1 aromatic carbocycles. The van der Waals surface area contributed by atoms with E-state index in [1.807, 2.05) is 0 Å². The maximum Gasteiger partial charge on any atom is 0.186 e. The minimum absolute atomic E-state index is 0.0778. The fourth-order valence-electron chi connectivity index (χ4n) is 0.841. The van der Waals surface area contributed by atoms with E-state index in [0.29, 0.717) is 5.56 Å². The van der Waals surface area contributed by atoms with Crippen LogP contribution in [0.2, 0.25) is 0 Å². The first-order valence-corrected chi connectivity index (χ1v) is 3.62. The van der Waals surface area contributed by atoms with Crippen LogP contribution in [0.4, 0.5) is 4.39 Å². The van der Waals surface area contributed by atoms with Gasteiger partial charge < -0.3 is 16.6 Å². The van der Waals surface area contributed by atoms with E-state index >= 15 is 0 Å². The summed E-state index contributed by atoms with van der Waals surface area (Å²) in [5.41, 5.74) is 10.5. The van der Waals surface area contributed by atoms with Crippen molar-refractivity contribution in [3.05, 3.63) is 29.6 Å². The molecule has 0 amide bonds. The zero-order chi connectivity index (χ0) is 9.84. The van der Waals surface area contributed by atoms with Crippen LogP contribution in [0.1, 0.15) is 5.56 Å². The summed E-state index contributed by atoms with van der Waals surface area (Å²) in [4.78, 5) is 3.64. The van der Waals surface area contributed by atoms with Crippen LogP contribution in [-0.4, -0.2) is 11.1 Å². The fraction of sp³-hybridized carbons (Fsp3) is 0.125. The van der Waals surface area contributed by atoms with E-state index < -0.39 is 5.82 Å². The molecule has 0 radical (unpaired) electrons. The molecular weight excluding hydrogens is 173 g/mol. The summed E-state index contributed by atoms with van der Waals surface area (Å²) in [6, 6.07) is 3.81. The van der Waals surface area contributed by atoms with Crippen molar-refractivity contribution in [1.82, 2.24) is 0 Å². The number of guanidine groups is 1. The maximum absolute atomic E-state index is 13.0. The molecule has 1 aromatic rings. The predicted molar refractivity (Wildman–Crippen MR) is 47.6 cm³/mol. The van der Waals surface area contributed by atoms with Gasteiger partial charge in [0.2, 0.25) is 0 Å². The minimum atomic E-state index is -0.523. The molecule has 0 aliphatic rings. The first kappa shape index (κ1) is 9.31. The highest BCUT2D eigenvalue weighted by Crippen LogP contribution is 2.15. The van der Waals surface area contributed by atoms with E-state index in [-0.39, 0.29) is 18.3 Å². The Kier molecular flexibility index (Phi) is 2.69. The van der Waals surface area contributed by atoms with Gasteiger partial charge in [-0.15, -0.1) is 0 Å². The van der Waals surface area contributed by atoms with Crippen molar-refractivity contribution in [3.63, 3.8) is 0 Å². The highest BCUT2D eigenvalue weighted by molar-refractivity contribution is 5.75. The molecule has 0 fully saturated rings. The highest BCUT2D eigenvalue weighted by Gasteiger charge is 2.01. The van der Waals surface area contributed by atoms with Gasteiger partial charge in [0.1, 0.15) is 11.6 Å². The molecule has 0 unspecified atom stereocenters. The van der Waals surface area contributed by atoms with Crippen molar-refractivity contribution in [3.8, 4) is 5.75 Å². The summed E-state index contributed by atoms with van der Waals surface area (Å²) >= 11 is 0. The number of aliphatic imine (C=N–C) groups is 1. The summed E-state index contributed by atoms with van der Waals surface area (Å²) in [7, 11) is 0. The van der Waals surface area contributed by atoms with Crippen LogP contribution in [0, 0.1) is 5.82 Å². The largest absolute Gasteiger partial charge is 0.508 e. The van der Waals surface area contributed by atoms with Crippen LogP contribution in [0.25, 0.3) is 0 Å². The summed E-state index contributed by atoms with van der Waals surface area (Å²) < 4.78 is 13.0. The molecule has 70 valence electrons. The number of phenolic OH excluding ortho intramolecular Hbond substituents is 1. The number of hydrogen-bond acceptors (Lipinski definition) is 2. The third kappa shape index (κ3) is 2.62. The molecule has 0 aliphatic carbocycles. The number of nitrogens with two attached hydrogens (primary N) is 2. The van der Waals surface area contributed by atoms with Gasteiger partial charge in [-0.25, -0.2) is 9.38 Å². The average Bonchev–Trinajstić information content (AvgIpc) is 2.02. The molecule has 0 atom stereocenters. The summed E-state index contributed by atoms with van der Waals surface area (Å²) in [6.45, 7) is 0.0778. The lowest BCUT2D eigenvalue weighted by Crippen LogP contribution is -2.22. The van der Waals surface area contributed by atoms with E-state index in [4.69, 9.17) is 16.6 Å². The van der Waals surface area contributed by atoms with Crippen molar-refractivity contribution in [1.29, 1.82) is 0 Å². The summed E-state index contributed by atoms with van der Waals surface area (Å²) in [6.07, 6.45) is 0. The lowest BCUT2D eigenvalue weighted by molar-refractivity contribution is 0.468. The van der Waals surface area contributed by atoms with E-state index in [1.165, 1.54) is 12.1 Å². The molecule has 0 aromatic heterocycles. The van der Waals surface area contributed by atoms with Gasteiger partial charge in [-0.2, -0.15) is 0 Å². The van der Waals surface area contributed by atoms with Gasteiger partial charge in [-0.1, -0.05) is 6.07 Å². The number of aromatic hydroxyl groups is 1. The second-order valence-corrected chi connectivity index (χ2v) is 2.52. The first-order chi connectivity index (χ1) is 6.09. The minimum Gasteiger partial charge on any atom is -0.508 e. The van der Waals surface area contributed by atoms with Crippen molar-refractivity contribution < 1.29 is 9.50 Å². The Labute approximate surface area is 74.7 Å². The first-order valence-electron chi connectivity index (χ1n) is 3.62. The van der Waals surface area contributed by atoms with E-state index in [9.17, 15) is 4.39 Å². The number of rotatable bonds is 2. The van der Waals surface area contributed by atoms with Crippen LogP contribution in [0.15, 0.2) is 23.2 Å². The molecule has 0 aliphatic heterocycles. The van der Waals surface area contributed by atoms with Gasteiger partial charge >= 0.3 is 0 Å². The molecule has 0 saturated heterocycles. The summed E-state index contributed by atoms with van der Waals surface area (Å²) in [5, 5.41) is 8.89. The molecule has 0 spiro atoms. The molecule has 0 saturated carbocycles. The maximum atomic E-state index is 13.0. The standard InChI is InChI=1S/C8H10FN3O/c9-7-3-6(13)2-1-5(7)4-12-8(10)11/h1-3,13H,4H2,(H4,10,11,12). The summed E-state index contributed by atoms with van der Waals surface area (Å²) in [5.74, 6) is -0.733. The number of hydrogen-bond donors (Lipinski definition) is 3. The number of halogens is 1. The van der Waals surface area contributed by atoms with Crippen molar-refractivity contribution in [2.24, 2.45) is 16.5 Å². The van der Waals surface area contributed by atoms with E-state index in [0.717, 1.165) is 6.07 Å². The molecule has 1 rings (SSSR count). The fourth-order valence-corrected chi connectivity index (χ4v) is 0.841. The molecule has 4 nitrogen and oxygen atoms in total. The number of phenols is 1. The van der Waals surface area contributed by atoms with Crippen LogP contribution in [-0.2, 0) is 6.54 Å². The zero-order valence-corrected chi connectivity index (χ0v) is 6.87. The SMILES string of the molecule is NC(N)=NCc1ccc(O)cc1F. The Balaban J connectivity index is 2.84. The second kappa shape index (κ2) is 3.75. The third-order valence-electron chi connectivity index (χ3n) is 1.47. The van der Waals surface area contributed by atoms with Crippen molar-refractivity contribution in [2.45, 2.75) is 6.54 Å². The predicted octanol–water partition coefficient (Wildman–Crippen LogP) is 0.305. The molecule has 0 heterocycles. The highest BCUT2D eigenvalue weighted by atomic mass is 19.1. The second-order valence-electron chi connectivity index (χ2n) is 2.52. The molecule has 13 heavy (non-hydrogen) atoms. The van der Waals surface area contributed by atoms with Gasteiger partial charge in [0.25, 0.3) is 0 Å². The monoisotopic (exact) mass is 183 g/mol.